The van der Waals surface area contributed by atoms with E-state index in [1.165, 1.54) is 18.4 Å². The molecule has 0 aliphatic carbocycles. The Morgan fingerprint density at radius 2 is 1.51 bits per heavy atom. The van der Waals surface area contributed by atoms with Crippen LogP contribution in [0, 0.1) is 12.3 Å². The molecule has 1 aliphatic rings. The summed E-state index contributed by atoms with van der Waals surface area (Å²) in [7, 11) is 0. The Hall–Kier alpha value is -4.02. The van der Waals surface area contributed by atoms with Crippen molar-refractivity contribution in [3.63, 3.8) is 0 Å². The fraction of sp³-hybridized carbons (Fsp3) is 0.324. The summed E-state index contributed by atoms with van der Waals surface area (Å²) in [5.74, 6) is -0.411. The second kappa shape index (κ2) is 34.8. The van der Waals surface area contributed by atoms with E-state index in [4.69, 9.17) is 10.2 Å². The van der Waals surface area contributed by atoms with Crippen molar-refractivity contribution in [3.05, 3.63) is 108 Å². The van der Waals surface area contributed by atoms with Crippen LogP contribution < -0.4 is 10.6 Å². The van der Waals surface area contributed by atoms with E-state index in [1.54, 1.807) is 42.4 Å². The molecule has 1 fully saturated rings. The number of likely N-dealkylation sites (tertiary alicyclic amines) is 1. The van der Waals surface area contributed by atoms with Crippen molar-refractivity contribution in [3.8, 4) is 11.1 Å². The second-order valence-electron chi connectivity index (χ2n) is 8.90. The van der Waals surface area contributed by atoms with Gasteiger partial charge in [-0.05, 0) is 87.6 Å². The van der Waals surface area contributed by atoms with Gasteiger partial charge in [0.05, 0.1) is 0 Å². The number of nitrogens with zero attached hydrogens (tertiary/aromatic N) is 1. The van der Waals surface area contributed by atoms with Crippen molar-refractivity contribution >= 4 is 60.3 Å². The van der Waals surface area contributed by atoms with Gasteiger partial charge in [0.25, 0.3) is 5.91 Å². The van der Waals surface area contributed by atoms with Crippen LogP contribution in [-0.4, -0.2) is 62.0 Å². The number of halogens is 1. The second-order valence-corrected chi connectivity index (χ2v) is 9.82. The van der Waals surface area contributed by atoms with E-state index in [0.717, 1.165) is 35.1 Å². The maximum absolute atomic E-state index is 12.5. The first kappa shape index (κ1) is 49.9. The van der Waals surface area contributed by atoms with Gasteiger partial charge in [0.1, 0.15) is 6.79 Å². The van der Waals surface area contributed by atoms with Crippen molar-refractivity contribution in [1.82, 2.24) is 15.5 Å². The van der Waals surface area contributed by atoms with E-state index < -0.39 is 0 Å². The molecule has 1 atom stereocenters. The highest BCUT2D eigenvalue weighted by atomic mass is 79.9. The maximum Gasteiger partial charge on any atom is 0.251 e. The number of hydrogen-bond donors (Lipinski definition) is 4. The number of aryl methyl sites for hydroxylation is 1. The molecule has 1 saturated heterocycles. The van der Waals surface area contributed by atoms with Gasteiger partial charge in [-0.3, -0.25) is 14.4 Å². The van der Waals surface area contributed by atoms with Crippen LogP contribution >= 0.6 is 28.6 Å². The number of carbonyl (C=O) groups is 4. The van der Waals surface area contributed by atoms with Crippen LogP contribution in [0.5, 0.6) is 0 Å². The predicted molar refractivity (Wildman–Crippen MR) is 209 cm³/mol. The molecule has 47 heavy (non-hydrogen) atoms. The van der Waals surface area contributed by atoms with Crippen LogP contribution in [0.1, 0.15) is 62.9 Å². The Bertz CT molecular complexity index is 1190. The van der Waals surface area contributed by atoms with Crippen molar-refractivity contribution in [2.45, 2.75) is 59.9 Å². The molecule has 0 saturated carbocycles. The van der Waals surface area contributed by atoms with Gasteiger partial charge in [-0.2, -0.15) is 12.6 Å². The highest BCUT2D eigenvalue weighted by Gasteiger charge is 2.14. The zero-order chi connectivity index (χ0) is 37.2. The van der Waals surface area contributed by atoms with Crippen LogP contribution in [0.25, 0.3) is 11.1 Å². The topological polar surface area (TPSA) is 119 Å². The summed E-state index contributed by atoms with van der Waals surface area (Å²) in [6, 6.07) is 15.3. The van der Waals surface area contributed by atoms with Crippen LogP contribution in [-0.2, 0) is 14.4 Å². The summed E-state index contributed by atoms with van der Waals surface area (Å²) in [5, 5.41) is 11.1. The molecule has 0 spiro atoms. The summed E-state index contributed by atoms with van der Waals surface area (Å²) < 4.78 is 0.895. The van der Waals surface area contributed by atoms with Gasteiger partial charge >= 0.3 is 0 Å². The number of amides is 3. The lowest BCUT2D eigenvalue weighted by atomic mass is 9.99. The van der Waals surface area contributed by atoms with Crippen molar-refractivity contribution < 1.29 is 19.2 Å². The molecular formula is C37H55BrN4O4S. The minimum Gasteiger partial charge on any atom is -0.349 e. The molecule has 260 valence electrons. The summed E-state index contributed by atoms with van der Waals surface area (Å²) in [6.45, 7) is 26.0. The zero-order valence-electron chi connectivity index (χ0n) is 29.0. The summed E-state index contributed by atoms with van der Waals surface area (Å²) in [5.41, 5.74) is 4.44. The van der Waals surface area contributed by atoms with E-state index in [2.05, 4.69) is 84.7 Å². The average Bonchev–Trinajstić information content (AvgIpc) is 3.66. The molecule has 0 radical (unpaired) electrons. The monoisotopic (exact) mass is 730 g/mol. The smallest absolute Gasteiger partial charge is 0.251 e. The van der Waals surface area contributed by atoms with E-state index >= 15 is 0 Å². The normalized spacial score (nSPS) is 11.5. The lowest BCUT2D eigenvalue weighted by Crippen LogP contribution is -2.36. The highest BCUT2D eigenvalue weighted by molar-refractivity contribution is 9.11. The first-order valence-corrected chi connectivity index (χ1v) is 16.7. The molecule has 1 aliphatic heterocycles. The zero-order valence-corrected chi connectivity index (χ0v) is 31.5. The predicted octanol–water partition coefficient (Wildman–Crippen LogP) is 8.35. The minimum absolute atomic E-state index is 0.157. The van der Waals surface area contributed by atoms with E-state index in [0.29, 0.717) is 11.3 Å². The van der Waals surface area contributed by atoms with E-state index in [9.17, 15) is 14.4 Å². The van der Waals surface area contributed by atoms with Crippen LogP contribution in [0.3, 0.4) is 0 Å². The molecular weight excluding hydrogens is 676 g/mol. The first-order chi connectivity index (χ1) is 22.7. The third-order valence-corrected chi connectivity index (χ3v) is 6.50. The van der Waals surface area contributed by atoms with Gasteiger partial charge in [-0.15, -0.1) is 13.2 Å². The minimum atomic E-state index is -0.312. The van der Waals surface area contributed by atoms with Gasteiger partial charge < -0.3 is 25.7 Å². The Balaban J connectivity index is -0.000000454. The summed E-state index contributed by atoms with van der Waals surface area (Å²) >= 11 is 6.88. The highest BCUT2D eigenvalue weighted by Crippen LogP contribution is 2.23. The van der Waals surface area contributed by atoms with E-state index in [1.807, 2.05) is 57.9 Å². The molecule has 1 heterocycles. The molecule has 3 amide bonds. The number of hydrogen-bond acceptors (Lipinski definition) is 6. The molecule has 8 nitrogen and oxygen atoms in total. The maximum atomic E-state index is 12.5. The van der Waals surface area contributed by atoms with Gasteiger partial charge in [-0.25, -0.2) is 0 Å². The third-order valence-electron chi connectivity index (χ3n) is 5.78. The molecule has 3 N–H and O–H groups in total. The Morgan fingerprint density at radius 3 is 1.96 bits per heavy atom. The van der Waals surface area contributed by atoms with Gasteiger partial charge in [0.2, 0.25) is 12.3 Å². The fourth-order valence-electron chi connectivity index (χ4n) is 3.73. The number of allylic oxidation sites excluding steroid dienone is 4. The molecule has 0 bridgehead atoms. The van der Waals surface area contributed by atoms with Crippen LogP contribution in [0.15, 0.2) is 96.7 Å². The van der Waals surface area contributed by atoms with Crippen molar-refractivity contribution in [2.75, 3.05) is 19.3 Å². The van der Waals surface area contributed by atoms with E-state index in [-0.39, 0.29) is 24.3 Å². The first-order valence-electron chi connectivity index (χ1n) is 15.0. The molecule has 1 unspecified atom stereocenters. The Labute approximate surface area is 297 Å². The average molecular weight is 732 g/mol. The SMILES string of the molecule is C=C.C=C(/C=C\C(Br)=C/C)NC(=O)CC(C)NC(=O)c1ccc(-c2ccccc2C)cc1.C=N.C=O.CC.CS.O=CN1CCCC1. The number of benzene rings is 2. The van der Waals surface area contributed by atoms with Gasteiger partial charge in [-0.1, -0.05) is 78.8 Å². The standard InChI is InChI=1S/C25H27BrN2O2.C5H9NO.C2H6.C2H4.CH3N.CH2O.CH4S/c1-5-22(26)15-10-18(3)27-24(29)16-19(4)28-25(30)21-13-11-20(12-14-21)23-9-7-6-8-17(23)2;7-5-6-3-1-2-4-6;5*1-2/h5-15,19H,3,16H2,1-2,4H3,(H,27,29)(H,28,30);5H,1-4H2;1-2H3;1-2H2;2H,1H2;1H2;2H,1H3/b15-10-,22-5+;;;;;;. The summed E-state index contributed by atoms with van der Waals surface area (Å²) in [6.07, 6.45) is 10.6. The van der Waals surface area contributed by atoms with Crippen molar-refractivity contribution in [2.24, 2.45) is 0 Å². The molecule has 3 rings (SSSR count). The fourth-order valence-corrected chi connectivity index (χ4v) is 3.86. The largest absolute Gasteiger partial charge is 0.349 e. The number of thiol groups is 1. The lowest BCUT2D eigenvalue weighted by molar-refractivity contribution is -0.120. The lowest BCUT2D eigenvalue weighted by Gasteiger charge is -2.14. The van der Waals surface area contributed by atoms with Crippen LogP contribution in [0.2, 0.25) is 0 Å². The number of nitrogens with one attached hydrogen (secondary N) is 3. The molecule has 2 aromatic rings. The number of carbonyl (C=O) groups excluding carboxylic acids is 4. The molecule has 10 heteroatoms. The van der Waals surface area contributed by atoms with Gasteiger partial charge in [0.15, 0.2) is 0 Å². The van der Waals surface area contributed by atoms with Gasteiger partial charge in [0, 0.05) is 41.3 Å². The van der Waals surface area contributed by atoms with Crippen molar-refractivity contribution in [1.29, 1.82) is 5.41 Å². The quantitative estimate of drug-likeness (QED) is 0.0682. The van der Waals surface area contributed by atoms with Crippen LogP contribution in [0.4, 0.5) is 0 Å². The molecule has 0 aromatic heterocycles. The molecule has 2 aromatic carbocycles. The summed E-state index contributed by atoms with van der Waals surface area (Å²) in [4.78, 5) is 44.4. The Morgan fingerprint density at radius 1 is 1.00 bits per heavy atom. The third kappa shape index (κ3) is 23.9. The Kier molecular flexibility index (Phi) is 37.0. The number of rotatable bonds is 9.